The lowest BCUT2D eigenvalue weighted by Gasteiger charge is -2.36. The summed E-state index contributed by atoms with van der Waals surface area (Å²) in [7, 11) is 0. The number of carboxylic acid groups (broad SMARTS) is 1. The first kappa shape index (κ1) is 15.3. The highest BCUT2D eigenvalue weighted by Crippen LogP contribution is 2.44. The van der Waals surface area contributed by atoms with Gasteiger partial charge in [-0.05, 0) is 37.1 Å². The van der Waals surface area contributed by atoms with Gasteiger partial charge in [0.25, 0.3) is 0 Å². The molecule has 114 valence electrons. The van der Waals surface area contributed by atoms with E-state index >= 15 is 0 Å². The third kappa shape index (κ3) is 3.93. The predicted molar refractivity (Wildman–Crippen MR) is 73.4 cm³/mol. The van der Waals surface area contributed by atoms with Gasteiger partial charge in [0, 0.05) is 6.42 Å². The molecule has 0 unspecified atom stereocenters. The number of hydrogen-bond acceptors (Lipinski definition) is 3. The Morgan fingerprint density at radius 1 is 1.29 bits per heavy atom. The second kappa shape index (κ2) is 6.56. The molecule has 0 radical (unpaired) electrons. The Morgan fingerprint density at radius 2 is 1.95 bits per heavy atom. The van der Waals surface area contributed by atoms with Gasteiger partial charge in [-0.15, -0.1) is 0 Å². The van der Waals surface area contributed by atoms with E-state index in [1.807, 2.05) is 0 Å². The number of aliphatic carboxylic acids is 1. The Labute approximate surface area is 122 Å². The van der Waals surface area contributed by atoms with Crippen molar-refractivity contribution in [1.29, 1.82) is 0 Å². The lowest BCUT2D eigenvalue weighted by Crippen LogP contribution is -2.43. The molecule has 1 amide bonds. The first-order chi connectivity index (χ1) is 10.0. The Morgan fingerprint density at radius 3 is 2.48 bits per heavy atom. The molecular weight excluding hydrogens is 277 g/mol. The summed E-state index contributed by atoms with van der Waals surface area (Å²) < 4.78 is 18.0. The van der Waals surface area contributed by atoms with Gasteiger partial charge in [-0.25, -0.2) is 4.39 Å². The summed E-state index contributed by atoms with van der Waals surface area (Å²) in [4.78, 5) is 22.9. The summed E-state index contributed by atoms with van der Waals surface area (Å²) in [6.07, 6.45) is 1.98. The number of hydrogen-bond donors (Lipinski definition) is 2. The molecule has 0 aliphatic heterocycles. The Hall–Kier alpha value is -2.11. The van der Waals surface area contributed by atoms with E-state index in [1.165, 1.54) is 24.3 Å². The monoisotopic (exact) mass is 295 g/mol. The molecule has 2 N–H and O–H groups in total. The number of amides is 1. The molecule has 1 aromatic carbocycles. The number of nitrogens with one attached hydrogen (secondary N) is 1. The standard InChI is InChI=1S/C15H18FNO4/c16-11-2-4-12(5-3-11)21-9-8-17-13(18)10-15(14(19)20)6-1-7-15/h2-5H,1,6-10H2,(H,17,18)(H,19,20). The quantitative estimate of drug-likeness (QED) is 0.754. The van der Waals surface area contributed by atoms with E-state index in [9.17, 15) is 14.0 Å². The van der Waals surface area contributed by atoms with Crippen LogP contribution in [0.2, 0.25) is 0 Å². The average molecular weight is 295 g/mol. The van der Waals surface area contributed by atoms with Crippen molar-refractivity contribution in [3.05, 3.63) is 30.1 Å². The van der Waals surface area contributed by atoms with E-state index < -0.39 is 11.4 Å². The smallest absolute Gasteiger partial charge is 0.310 e. The van der Waals surface area contributed by atoms with Gasteiger partial charge in [0.15, 0.2) is 0 Å². The van der Waals surface area contributed by atoms with Crippen LogP contribution in [0, 0.1) is 11.2 Å². The molecule has 1 aromatic rings. The van der Waals surface area contributed by atoms with Crippen LogP contribution >= 0.6 is 0 Å². The summed E-state index contributed by atoms with van der Waals surface area (Å²) in [6.45, 7) is 0.531. The molecule has 0 atom stereocenters. The Balaban J connectivity index is 1.67. The minimum atomic E-state index is -0.897. The van der Waals surface area contributed by atoms with Crippen molar-refractivity contribution in [1.82, 2.24) is 5.32 Å². The minimum absolute atomic E-state index is 0.0128. The second-order valence-electron chi connectivity index (χ2n) is 5.27. The van der Waals surface area contributed by atoms with E-state index in [0.29, 0.717) is 18.6 Å². The molecule has 2 rings (SSSR count). The predicted octanol–water partition coefficient (Wildman–Crippen LogP) is 1.97. The molecule has 1 saturated carbocycles. The van der Waals surface area contributed by atoms with Gasteiger partial charge in [-0.3, -0.25) is 9.59 Å². The minimum Gasteiger partial charge on any atom is -0.492 e. The zero-order chi connectivity index (χ0) is 15.3. The van der Waals surface area contributed by atoms with Crippen LogP contribution in [0.4, 0.5) is 4.39 Å². The normalized spacial score (nSPS) is 15.9. The van der Waals surface area contributed by atoms with Gasteiger partial charge in [0.05, 0.1) is 12.0 Å². The second-order valence-corrected chi connectivity index (χ2v) is 5.27. The van der Waals surface area contributed by atoms with Crippen molar-refractivity contribution < 1.29 is 23.8 Å². The number of carboxylic acids is 1. The number of benzene rings is 1. The van der Waals surface area contributed by atoms with E-state index in [4.69, 9.17) is 9.84 Å². The van der Waals surface area contributed by atoms with Gasteiger partial charge >= 0.3 is 5.97 Å². The van der Waals surface area contributed by atoms with Crippen LogP contribution in [0.5, 0.6) is 5.75 Å². The van der Waals surface area contributed by atoms with Crippen molar-refractivity contribution >= 4 is 11.9 Å². The van der Waals surface area contributed by atoms with Crippen LogP contribution in [-0.4, -0.2) is 30.1 Å². The summed E-state index contributed by atoms with van der Waals surface area (Å²) in [6, 6.07) is 5.60. The summed E-state index contributed by atoms with van der Waals surface area (Å²) >= 11 is 0. The highest BCUT2D eigenvalue weighted by atomic mass is 19.1. The number of ether oxygens (including phenoxy) is 1. The summed E-state index contributed by atoms with van der Waals surface area (Å²) in [5.41, 5.74) is -0.873. The van der Waals surface area contributed by atoms with Crippen LogP contribution in [0.15, 0.2) is 24.3 Å². The third-order valence-electron chi connectivity index (χ3n) is 3.77. The van der Waals surface area contributed by atoms with Crippen LogP contribution < -0.4 is 10.1 Å². The first-order valence-corrected chi connectivity index (χ1v) is 6.90. The summed E-state index contributed by atoms with van der Waals surface area (Å²) in [5, 5.41) is 11.8. The van der Waals surface area contributed by atoms with Crippen LogP contribution in [0.25, 0.3) is 0 Å². The van der Waals surface area contributed by atoms with E-state index in [0.717, 1.165) is 6.42 Å². The highest BCUT2D eigenvalue weighted by Gasteiger charge is 2.45. The molecule has 0 heterocycles. The van der Waals surface area contributed by atoms with Gasteiger partial charge in [-0.2, -0.15) is 0 Å². The average Bonchev–Trinajstić information content (AvgIpc) is 2.40. The van der Waals surface area contributed by atoms with Crippen molar-refractivity contribution in [2.45, 2.75) is 25.7 Å². The number of carbonyl (C=O) groups excluding carboxylic acids is 1. The third-order valence-corrected chi connectivity index (χ3v) is 3.77. The van der Waals surface area contributed by atoms with Crippen molar-refractivity contribution in [2.75, 3.05) is 13.2 Å². The number of carbonyl (C=O) groups is 2. The van der Waals surface area contributed by atoms with Gasteiger partial charge in [0.2, 0.25) is 5.91 Å². The lowest BCUT2D eigenvalue weighted by molar-refractivity contribution is -0.157. The molecular formula is C15H18FNO4. The zero-order valence-electron chi connectivity index (χ0n) is 11.6. The lowest BCUT2D eigenvalue weighted by atomic mass is 9.66. The maximum atomic E-state index is 12.7. The van der Waals surface area contributed by atoms with E-state index in [-0.39, 0.29) is 31.3 Å². The molecule has 1 aliphatic carbocycles. The Bertz CT molecular complexity index is 511. The molecule has 0 saturated heterocycles. The molecule has 5 nitrogen and oxygen atoms in total. The van der Waals surface area contributed by atoms with Crippen LogP contribution in [-0.2, 0) is 9.59 Å². The summed E-state index contributed by atoms with van der Waals surface area (Å²) in [5.74, 6) is -0.993. The van der Waals surface area contributed by atoms with Crippen molar-refractivity contribution in [2.24, 2.45) is 5.41 Å². The van der Waals surface area contributed by atoms with E-state index in [2.05, 4.69) is 5.32 Å². The maximum absolute atomic E-state index is 12.7. The number of halogens is 1. The molecule has 21 heavy (non-hydrogen) atoms. The SMILES string of the molecule is O=C(CC1(C(=O)O)CCC1)NCCOc1ccc(F)cc1. The fourth-order valence-corrected chi connectivity index (χ4v) is 2.33. The fourth-order valence-electron chi connectivity index (χ4n) is 2.33. The Kier molecular flexibility index (Phi) is 4.77. The maximum Gasteiger partial charge on any atom is 0.310 e. The topological polar surface area (TPSA) is 75.6 Å². The highest BCUT2D eigenvalue weighted by molar-refractivity contribution is 5.85. The van der Waals surface area contributed by atoms with Crippen LogP contribution in [0.3, 0.4) is 0 Å². The molecule has 6 heteroatoms. The molecule has 1 fully saturated rings. The fraction of sp³-hybridized carbons (Fsp3) is 0.467. The van der Waals surface area contributed by atoms with Crippen LogP contribution in [0.1, 0.15) is 25.7 Å². The van der Waals surface area contributed by atoms with Crippen molar-refractivity contribution in [3.63, 3.8) is 0 Å². The molecule has 1 aliphatic rings. The van der Waals surface area contributed by atoms with Gasteiger partial charge in [-0.1, -0.05) is 6.42 Å². The molecule has 0 spiro atoms. The largest absolute Gasteiger partial charge is 0.492 e. The zero-order valence-corrected chi connectivity index (χ0v) is 11.6. The van der Waals surface area contributed by atoms with E-state index in [1.54, 1.807) is 0 Å². The first-order valence-electron chi connectivity index (χ1n) is 6.90. The number of rotatable bonds is 7. The molecule has 0 bridgehead atoms. The van der Waals surface area contributed by atoms with Crippen molar-refractivity contribution in [3.8, 4) is 5.75 Å². The van der Waals surface area contributed by atoms with Gasteiger partial charge in [0.1, 0.15) is 18.2 Å². The van der Waals surface area contributed by atoms with Gasteiger partial charge < -0.3 is 15.2 Å². The molecule has 0 aromatic heterocycles.